The summed E-state index contributed by atoms with van der Waals surface area (Å²) in [5, 5.41) is 3.54. The van der Waals surface area contributed by atoms with Crippen LogP contribution in [0, 0.1) is 5.92 Å². The van der Waals surface area contributed by atoms with Gasteiger partial charge >= 0.3 is 0 Å². The van der Waals surface area contributed by atoms with E-state index < -0.39 is 0 Å². The molecular weight excluding hydrogens is 146 g/mol. The molecule has 0 aromatic rings. The SMILES string of the molecule is CCCCNC(C)CCC(C)C. The highest BCUT2D eigenvalue weighted by Crippen LogP contribution is 2.06. The summed E-state index contributed by atoms with van der Waals surface area (Å²) >= 11 is 0. The van der Waals surface area contributed by atoms with E-state index in [1.54, 1.807) is 0 Å². The Morgan fingerprint density at radius 3 is 2.25 bits per heavy atom. The summed E-state index contributed by atoms with van der Waals surface area (Å²) in [6.07, 6.45) is 5.28. The molecule has 1 N–H and O–H groups in total. The molecule has 74 valence electrons. The van der Waals surface area contributed by atoms with Gasteiger partial charge in [-0.2, -0.15) is 0 Å². The summed E-state index contributed by atoms with van der Waals surface area (Å²) in [7, 11) is 0. The molecule has 0 fully saturated rings. The van der Waals surface area contributed by atoms with Gasteiger partial charge in [0.15, 0.2) is 0 Å². The highest BCUT2D eigenvalue weighted by atomic mass is 14.9. The maximum Gasteiger partial charge on any atom is 0.00388 e. The van der Waals surface area contributed by atoms with Gasteiger partial charge in [0.05, 0.1) is 0 Å². The molecule has 0 aliphatic carbocycles. The van der Waals surface area contributed by atoms with Gasteiger partial charge < -0.3 is 5.32 Å². The lowest BCUT2D eigenvalue weighted by molar-refractivity contribution is 0.448. The zero-order valence-corrected chi connectivity index (χ0v) is 9.19. The third-order valence-corrected chi connectivity index (χ3v) is 2.20. The topological polar surface area (TPSA) is 12.0 Å². The highest BCUT2D eigenvalue weighted by molar-refractivity contribution is 4.61. The van der Waals surface area contributed by atoms with Crippen LogP contribution in [0.15, 0.2) is 0 Å². The first-order chi connectivity index (χ1) is 5.66. The van der Waals surface area contributed by atoms with Gasteiger partial charge in [-0.25, -0.2) is 0 Å². The fourth-order valence-corrected chi connectivity index (χ4v) is 1.21. The second-order valence-electron chi connectivity index (χ2n) is 4.18. The van der Waals surface area contributed by atoms with Gasteiger partial charge in [0.1, 0.15) is 0 Å². The second-order valence-corrected chi connectivity index (χ2v) is 4.18. The number of hydrogen-bond acceptors (Lipinski definition) is 1. The van der Waals surface area contributed by atoms with Crippen LogP contribution in [-0.4, -0.2) is 12.6 Å². The van der Waals surface area contributed by atoms with Crippen molar-refractivity contribution >= 4 is 0 Å². The van der Waals surface area contributed by atoms with Crippen LogP contribution in [0.2, 0.25) is 0 Å². The third kappa shape index (κ3) is 8.06. The molecule has 1 nitrogen and oxygen atoms in total. The summed E-state index contributed by atoms with van der Waals surface area (Å²) in [6, 6.07) is 0.707. The van der Waals surface area contributed by atoms with Gasteiger partial charge in [0.2, 0.25) is 0 Å². The summed E-state index contributed by atoms with van der Waals surface area (Å²) in [4.78, 5) is 0. The molecule has 0 rings (SSSR count). The minimum atomic E-state index is 0.707. The van der Waals surface area contributed by atoms with Gasteiger partial charge in [0, 0.05) is 6.04 Å². The summed E-state index contributed by atoms with van der Waals surface area (Å²) < 4.78 is 0. The molecule has 0 aromatic heterocycles. The molecule has 1 atom stereocenters. The van der Waals surface area contributed by atoms with Crippen molar-refractivity contribution in [2.24, 2.45) is 5.92 Å². The Bertz CT molecular complexity index is 89.0. The van der Waals surface area contributed by atoms with E-state index in [-0.39, 0.29) is 0 Å². The Balaban J connectivity index is 3.15. The molecule has 0 aromatic carbocycles. The molecule has 0 aliphatic rings. The molecule has 0 radical (unpaired) electrons. The van der Waals surface area contributed by atoms with Crippen LogP contribution in [0.4, 0.5) is 0 Å². The van der Waals surface area contributed by atoms with Crippen molar-refractivity contribution in [2.45, 2.75) is 59.4 Å². The van der Waals surface area contributed by atoms with Crippen molar-refractivity contribution in [2.75, 3.05) is 6.54 Å². The monoisotopic (exact) mass is 171 g/mol. The molecule has 0 heterocycles. The average molecular weight is 171 g/mol. The van der Waals surface area contributed by atoms with Gasteiger partial charge in [-0.3, -0.25) is 0 Å². The number of nitrogens with one attached hydrogen (secondary N) is 1. The van der Waals surface area contributed by atoms with Gasteiger partial charge in [-0.1, -0.05) is 27.2 Å². The zero-order valence-electron chi connectivity index (χ0n) is 9.19. The van der Waals surface area contributed by atoms with Crippen molar-refractivity contribution in [1.29, 1.82) is 0 Å². The first-order valence-corrected chi connectivity index (χ1v) is 5.40. The molecule has 12 heavy (non-hydrogen) atoms. The van der Waals surface area contributed by atoms with Crippen LogP contribution >= 0.6 is 0 Å². The molecular formula is C11H25N. The predicted octanol–water partition coefficient (Wildman–Crippen LogP) is 3.20. The largest absolute Gasteiger partial charge is 0.314 e. The van der Waals surface area contributed by atoms with E-state index in [0.717, 1.165) is 5.92 Å². The van der Waals surface area contributed by atoms with Crippen LogP contribution in [0.5, 0.6) is 0 Å². The average Bonchev–Trinajstić information content (AvgIpc) is 2.01. The fraction of sp³-hybridized carbons (Fsp3) is 1.00. The third-order valence-electron chi connectivity index (χ3n) is 2.20. The minimum Gasteiger partial charge on any atom is -0.314 e. The maximum absolute atomic E-state index is 3.54. The number of unbranched alkanes of at least 4 members (excludes halogenated alkanes) is 1. The molecule has 1 heteroatoms. The molecule has 0 amide bonds. The zero-order chi connectivity index (χ0) is 9.40. The first-order valence-electron chi connectivity index (χ1n) is 5.40. The Hall–Kier alpha value is -0.0400. The Kier molecular flexibility index (Phi) is 7.58. The van der Waals surface area contributed by atoms with Crippen LogP contribution in [0.1, 0.15) is 53.4 Å². The minimum absolute atomic E-state index is 0.707. The van der Waals surface area contributed by atoms with Crippen LogP contribution in [0.3, 0.4) is 0 Å². The van der Waals surface area contributed by atoms with Crippen molar-refractivity contribution in [1.82, 2.24) is 5.32 Å². The van der Waals surface area contributed by atoms with Crippen molar-refractivity contribution < 1.29 is 0 Å². The summed E-state index contributed by atoms with van der Waals surface area (Å²) in [5.41, 5.74) is 0. The van der Waals surface area contributed by atoms with E-state index in [1.165, 1.54) is 32.2 Å². The predicted molar refractivity (Wildman–Crippen MR) is 56.4 cm³/mol. The van der Waals surface area contributed by atoms with E-state index >= 15 is 0 Å². The van der Waals surface area contributed by atoms with Gasteiger partial charge in [0.25, 0.3) is 0 Å². The van der Waals surface area contributed by atoms with Gasteiger partial charge in [-0.15, -0.1) is 0 Å². The molecule has 0 spiro atoms. The lowest BCUT2D eigenvalue weighted by Crippen LogP contribution is -2.27. The molecule has 1 unspecified atom stereocenters. The van der Waals surface area contributed by atoms with Crippen molar-refractivity contribution in [3.8, 4) is 0 Å². The van der Waals surface area contributed by atoms with Crippen LogP contribution in [0.25, 0.3) is 0 Å². The summed E-state index contributed by atoms with van der Waals surface area (Å²) in [5.74, 6) is 0.848. The van der Waals surface area contributed by atoms with Crippen LogP contribution in [-0.2, 0) is 0 Å². The Morgan fingerprint density at radius 1 is 1.08 bits per heavy atom. The fourth-order valence-electron chi connectivity index (χ4n) is 1.21. The molecule has 0 saturated carbocycles. The highest BCUT2D eigenvalue weighted by Gasteiger charge is 2.01. The first kappa shape index (κ1) is 12.0. The normalized spacial score (nSPS) is 13.8. The van der Waals surface area contributed by atoms with Crippen LogP contribution < -0.4 is 5.32 Å². The van der Waals surface area contributed by atoms with Gasteiger partial charge in [-0.05, 0) is 38.6 Å². The molecule has 0 bridgehead atoms. The summed E-state index contributed by atoms with van der Waals surface area (Å²) in [6.45, 7) is 10.3. The van der Waals surface area contributed by atoms with E-state index in [0.29, 0.717) is 6.04 Å². The quantitative estimate of drug-likeness (QED) is 0.580. The van der Waals surface area contributed by atoms with E-state index in [4.69, 9.17) is 0 Å². The molecule has 0 aliphatic heterocycles. The number of hydrogen-bond donors (Lipinski definition) is 1. The standard InChI is InChI=1S/C11H25N/c1-5-6-9-12-11(4)8-7-10(2)3/h10-12H,5-9H2,1-4H3. The Morgan fingerprint density at radius 2 is 1.75 bits per heavy atom. The lowest BCUT2D eigenvalue weighted by Gasteiger charge is -2.14. The lowest BCUT2D eigenvalue weighted by atomic mass is 10.0. The van der Waals surface area contributed by atoms with E-state index in [2.05, 4.69) is 33.0 Å². The second kappa shape index (κ2) is 7.60. The maximum atomic E-state index is 3.54. The smallest absolute Gasteiger partial charge is 0.00388 e. The van der Waals surface area contributed by atoms with Crippen molar-refractivity contribution in [3.63, 3.8) is 0 Å². The molecule has 0 saturated heterocycles. The van der Waals surface area contributed by atoms with E-state index in [1.807, 2.05) is 0 Å². The van der Waals surface area contributed by atoms with Crippen molar-refractivity contribution in [3.05, 3.63) is 0 Å². The number of rotatable bonds is 7. The Labute approximate surface area is 77.9 Å². The van der Waals surface area contributed by atoms with E-state index in [9.17, 15) is 0 Å².